The van der Waals surface area contributed by atoms with E-state index in [1.54, 1.807) is 6.92 Å². The zero-order valence-electron chi connectivity index (χ0n) is 11.2. The number of ether oxygens (including phenoxy) is 1. The molecule has 0 aliphatic carbocycles. The van der Waals surface area contributed by atoms with Gasteiger partial charge in [0.25, 0.3) is 0 Å². The van der Waals surface area contributed by atoms with E-state index in [1.807, 2.05) is 27.7 Å². The SMILES string of the molecule is CC.CC.COc1c(C)cc(F)c(C)c1F. The molecule has 0 bridgehead atoms. The Balaban J connectivity index is 0. The molecule has 0 unspecified atom stereocenters. The summed E-state index contributed by atoms with van der Waals surface area (Å²) in [5, 5.41) is 0. The van der Waals surface area contributed by atoms with Crippen molar-refractivity contribution in [2.24, 2.45) is 0 Å². The van der Waals surface area contributed by atoms with E-state index in [0.29, 0.717) is 5.56 Å². The molecule has 0 N–H and O–H groups in total. The zero-order valence-corrected chi connectivity index (χ0v) is 11.2. The van der Waals surface area contributed by atoms with Crippen LogP contribution in [0.3, 0.4) is 0 Å². The normalized spacial score (nSPS) is 8.31. The van der Waals surface area contributed by atoms with Crippen LogP contribution in [0.2, 0.25) is 0 Å². The van der Waals surface area contributed by atoms with Crippen LogP contribution in [0.4, 0.5) is 8.78 Å². The second kappa shape index (κ2) is 9.13. The molecular formula is C13H22F2O. The number of rotatable bonds is 1. The molecule has 0 aliphatic heterocycles. The third-order valence-corrected chi connectivity index (χ3v) is 1.79. The molecule has 0 aromatic heterocycles. The minimum Gasteiger partial charge on any atom is -0.493 e. The second-order valence-corrected chi connectivity index (χ2v) is 2.65. The lowest BCUT2D eigenvalue weighted by Gasteiger charge is -2.08. The van der Waals surface area contributed by atoms with Crippen LogP contribution in [0.5, 0.6) is 5.75 Å². The molecule has 16 heavy (non-hydrogen) atoms. The fourth-order valence-electron chi connectivity index (χ4n) is 1.06. The van der Waals surface area contributed by atoms with Crippen molar-refractivity contribution in [3.8, 4) is 5.75 Å². The van der Waals surface area contributed by atoms with Crippen molar-refractivity contribution in [1.29, 1.82) is 0 Å². The van der Waals surface area contributed by atoms with Crippen molar-refractivity contribution < 1.29 is 13.5 Å². The molecule has 0 aliphatic rings. The summed E-state index contributed by atoms with van der Waals surface area (Å²) in [6, 6.07) is 1.26. The Kier molecular flexibility index (Phi) is 9.86. The van der Waals surface area contributed by atoms with Crippen LogP contribution in [0.15, 0.2) is 6.07 Å². The fraction of sp³-hybridized carbons (Fsp3) is 0.538. The van der Waals surface area contributed by atoms with Crippen LogP contribution in [0.25, 0.3) is 0 Å². The molecule has 3 heteroatoms. The van der Waals surface area contributed by atoms with Crippen LogP contribution in [0.1, 0.15) is 38.8 Å². The molecule has 94 valence electrons. The van der Waals surface area contributed by atoms with Crippen molar-refractivity contribution in [3.05, 3.63) is 28.8 Å². The topological polar surface area (TPSA) is 9.23 Å². The second-order valence-electron chi connectivity index (χ2n) is 2.65. The number of hydrogen-bond donors (Lipinski definition) is 0. The minimum atomic E-state index is -0.616. The number of aryl methyl sites for hydroxylation is 1. The van der Waals surface area contributed by atoms with Crippen molar-refractivity contribution in [3.63, 3.8) is 0 Å². The van der Waals surface area contributed by atoms with Gasteiger partial charge in [-0.05, 0) is 25.5 Å². The van der Waals surface area contributed by atoms with Crippen molar-refractivity contribution in [1.82, 2.24) is 0 Å². The lowest BCUT2D eigenvalue weighted by Crippen LogP contribution is -1.97. The number of methoxy groups -OCH3 is 1. The summed E-state index contributed by atoms with van der Waals surface area (Å²) >= 11 is 0. The maximum absolute atomic E-state index is 13.2. The van der Waals surface area contributed by atoms with E-state index in [-0.39, 0.29) is 11.3 Å². The quantitative estimate of drug-likeness (QED) is 0.685. The molecular weight excluding hydrogens is 210 g/mol. The van der Waals surface area contributed by atoms with Gasteiger partial charge in [0.2, 0.25) is 0 Å². The first-order chi connectivity index (χ1) is 7.57. The van der Waals surface area contributed by atoms with Crippen LogP contribution in [-0.2, 0) is 0 Å². The smallest absolute Gasteiger partial charge is 0.171 e. The van der Waals surface area contributed by atoms with Gasteiger partial charge in [-0.25, -0.2) is 8.78 Å². The Morgan fingerprint density at radius 2 is 1.44 bits per heavy atom. The number of hydrogen-bond acceptors (Lipinski definition) is 1. The van der Waals surface area contributed by atoms with Crippen LogP contribution in [0, 0.1) is 25.5 Å². The molecule has 0 saturated heterocycles. The monoisotopic (exact) mass is 232 g/mol. The molecule has 0 fully saturated rings. The molecule has 0 amide bonds. The van der Waals surface area contributed by atoms with Crippen molar-refractivity contribution >= 4 is 0 Å². The minimum absolute atomic E-state index is 0.00236. The first-order valence-electron chi connectivity index (χ1n) is 5.57. The average molecular weight is 232 g/mol. The van der Waals surface area contributed by atoms with E-state index in [9.17, 15) is 8.78 Å². The van der Waals surface area contributed by atoms with E-state index < -0.39 is 11.6 Å². The maximum Gasteiger partial charge on any atom is 0.171 e. The van der Waals surface area contributed by atoms with Gasteiger partial charge in [0.15, 0.2) is 11.6 Å². The molecule has 1 aromatic carbocycles. The van der Waals surface area contributed by atoms with Gasteiger partial charge in [0.1, 0.15) is 5.82 Å². The van der Waals surface area contributed by atoms with Gasteiger partial charge < -0.3 is 4.74 Å². The summed E-state index contributed by atoms with van der Waals surface area (Å²) < 4.78 is 30.8. The lowest BCUT2D eigenvalue weighted by molar-refractivity contribution is 0.378. The molecule has 0 radical (unpaired) electrons. The summed E-state index contributed by atoms with van der Waals surface area (Å²) in [6.45, 7) is 11.0. The van der Waals surface area contributed by atoms with Crippen LogP contribution in [-0.4, -0.2) is 7.11 Å². The van der Waals surface area contributed by atoms with Crippen molar-refractivity contribution in [2.45, 2.75) is 41.5 Å². The lowest BCUT2D eigenvalue weighted by atomic mass is 10.1. The largest absolute Gasteiger partial charge is 0.493 e. The first kappa shape index (κ1) is 17.3. The van der Waals surface area contributed by atoms with Crippen LogP contribution < -0.4 is 4.74 Å². The Morgan fingerprint density at radius 1 is 1.00 bits per heavy atom. The molecule has 0 heterocycles. The summed E-state index contributed by atoms with van der Waals surface area (Å²) in [6.07, 6.45) is 0. The van der Waals surface area contributed by atoms with Gasteiger partial charge >= 0.3 is 0 Å². The first-order valence-corrected chi connectivity index (χ1v) is 5.57. The van der Waals surface area contributed by atoms with E-state index in [2.05, 4.69) is 0 Å². The van der Waals surface area contributed by atoms with E-state index in [0.717, 1.165) is 0 Å². The molecule has 0 atom stereocenters. The average Bonchev–Trinajstić information content (AvgIpc) is 2.32. The Bertz CT molecular complexity index is 309. The predicted molar refractivity (Wildman–Crippen MR) is 65.1 cm³/mol. The van der Waals surface area contributed by atoms with E-state index in [4.69, 9.17) is 4.74 Å². The zero-order chi connectivity index (χ0) is 13.3. The molecule has 1 aromatic rings. The van der Waals surface area contributed by atoms with E-state index in [1.165, 1.54) is 20.1 Å². The van der Waals surface area contributed by atoms with Crippen molar-refractivity contribution in [2.75, 3.05) is 7.11 Å². The highest BCUT2D eigenvalue weighted by atomic mass is 19.1. The third kappa shape index (κ3) is 4.17. The molecule has 0 spiro atoms. The van der Waals surface area contributed by atoms with Gasteiger partial charge in [-0.2, -0.15) is 0 Å². The standard InChI is InChI=1S/C9H10F2O.2C2H6/c1-5-4-7(10)6(2)8(11)9(5)12-3;2*1-2/h4H,1-3H3;2*1-2H3. The Morgan fingerprint density at radius 3 is 1.81 bits per heavy atom. The third-order valence-electron chi connectivity index (χ3n) is 1.79. The van der Waals surface area contributed by atoms with E-state index >= 15 is 0 Å². The number of benzene rings is 1. The Hall–Kier alpha value is -1.12. The van der Waals surface area contributed by atoms with Gasteiger partial charge in [-0.15, -0.1) is 0 Å². The highest BCUT2D eigenvalue weighted by molar-refractivity contribution is 5.38. The summed E-state index contributed by atoms with van der Waals surface area (Å²) in [4.78, 5) is 0. The van der Waals surface area contributed by atoms with Crippen LogP contribution >= 0.6 is 0 Å². The summed E-state index contributed by atoms with van der Waals surface area (Å²) in [5.74, 6) is -1.03. The summed E-state index contributed by atoms with van der Waals surface area (Å²) in [7, 11) is 1.36. The van der Waals surface area contributed by atoms with Gasteiger partial charge in [0.05, 0.1) is 7.11 Å². The molecule has 1 nitrogen and oxygen atoms in total. The fourth-order valence-corrected chi connectivity index (χ4v) is 1.06. The molecule has 0 saturated carbocycles. The maximum atomic E-state index is 13.2. The highest BCUT2D eigenvalue weighted by Crippen LogP contribution is 2.26. The number of halogens is 2. The van der Waals surface area contributed by atoms with Gasteiger partial charge in [-0.1, -0.05) is 27.7 Å². The Labute approximate surface area is 97.4 Å². The predicted octanol–water partition coefficient (Wildman–Crippen LogP) is 4.64. The summed E-state index contributed by atoms with van der Waals surface area (Å²) in [5.41, 5.74) is 0.468. The van der Waals surface area contributed by atoms with Gasteiger partial charge in [0, 0.05) is 5.56 Å². The van der Waals surface area contributed by atoms with Gasteiger partial charge in [-0.3, -0.25) is 0 Å². The highest BCUT2D eigenvalue weighted by Gasteiger charge is 2.13. The molecule has 1 rings (SSSR count).